The quantitative estimate of drug-likeness (QED) is 0.362. The van der Waals surface area contributed by atoms with E-state index in [1.807, 2.05) is 0 Å². The van der Waals surface area contributed by atoms with E-state index in [0.29, 0.717) is 18.4 Å². The van der Waals surface area contributed by atoms with E-state index in [9.17, 15) is 4.79 Å². The third kappa shape index (κ3) is 6.08. The minimum absolute atomic E-state index is 0.359. The Balaban J connectivity index is 1.92. The van der Waals surface area contributed by atoms with Crippen molar-refractivity contribution in [3.8, 4) is 0 Å². The maximum atomic E-state index is 12.0. The van der Waals surface area contributed by atoms with Gasteiger partial charge in [0, 0.05) is 13.6 Å². The number of rotatable bonds is 8. The van der Waals surface area contributed by atoms with Crippen LogP contribution in [0.5, 0.6) is 0 Å². The minimum Gasteiger partial charge on any atom is -0.370 e. The Hall–Kier alpha value is -1.10. The molecule has 2 aliphatic rings. The van der Waals surface area contributed by atoms with E-state index in [-0.39, 0.29) is 0 Å². The summed E-state index contributed by atoms with van der Waals surface area (Å²) in [5.41, 5.74) is 5.28. The first-order valence-electron chi connectivity index (χ1n) is 9.85. The fourth-order valence-electron chi connectivity index (χ4n) is 4.39. The highest BCUT2D eigenvalue weighted by Gasteiger charge is 2.34. The second-order valence-electron chi connectivity index (χ2n) is 7.85. The summed E-state index contributed by atoms with van der Waals surface area (Å²) in [6.07, 6.45) is 15.0. The van der Waals surface area contributed by atoms with Gasteiger partial charge in [-0.25, -0.2) is 0 Å². The van der Waals surface area contributed by atoms with Gasteiger partial charge in [0.15, 0.2) is 5.96 Å². The summed E-state index contributed by atoms with van der Waals surface area (Å²) in [6, 6.07) is 0. The largest absolute Gasteiger partial charge is 0.370 e. The molecular weight excluding hydrogens is 300 g/mol. The molecule has 0 aromatic heterocycles. The van der Waals surface area contributed by atoms with Crippen LogP contribution in [-0.2, 0) is 4.79 Å². The van der Waals surface area contributed by atoms with Crippen LogP contribution in [-0.4, -0.2) is 37.9 Å². The van der Waals surface area contributed by atoms with Crippen LogP contribution in [0.25, 0.3) is 0 Å². The normalized spacial score (nSPS) is 23.6. The van der Waals surface area contributed by atoms with Gasteiger partial charge in [-0.3, -0.25) is 4.99 Å². The zero-order chi connectivity index (χ0) is 17.3. The predicted molar refractivity (Wildman–Crippen MR) is 100 cm³/mol. The van der Waals surface area contributed by atoms with Crippen molar-refractivity contribution in [1.29, 1.82) is 0 Å². The molecule has 0 bridgehead atoms. The lowest BCUT2D eigenvalue weighted by Crippen LogP contribution is -2.59. The lowest BCUT2D eigenvalue weighted by Gasteiger charge is -2.35. The Bertz CT molecular complexity index is 400. The Morgan fingerprint density at radius 3 is 2.21 bits per heavy atom. The third-order valence-corrected chi connectivity index (χ3v) is 5.82. The lowest BCUT2D eigenvalue weighted by atomic mass is 9.79. The monoisotopic (exact) mass is 336 g/mol. The fraction of sp³-hybridized carbons (Fsp3) is 0.895. The van der Waals surface area contributed by atoms with Crippen molar-refractivity contribution in [2.75, 3.05) is 20.1 Å². The Morgan fingerprint density at radius 1 is 1.08 bits per heavy atom. The number of hydrogen-bond acceptors (Lipinski definition) is 3. The average Bonchev–Trinajstić information content (AvgIpc) is 2.63. The van der Waals surface area contributed by atoms with Crippen LogP contribution in [0.4, 0.5) is 0 Å². The zero-order valence-corrected chi connectivity index (χ0v) is 15.4. The minimum atomic E-state index is -0.625. The van der Waals surface area contributed by atoms with Crippen LogP contribution in [0.3, 0.4) is 0 Å². The number of nitrogens with zero attached hydrogens (tertiary/aromatic N) is 1. The highest BCUT2D eigenvalue weighted by Crippen LogP contribution is 2.30. The molecule has 24 heavy (non-hydrogen) atoms. The highest BCUT2D eigenvalue weighted by atomic mass is 16.1. The van der Waals surface area contributed by atoms with Crippen molar-refractivity contribution >= 4 is 12.2 Å². The molecule has 4 N–H and O–H groups in total. The molecule has 5 heteroatoms. The third-order valence-electron chi connectivity index (χ3n) is 5.82. The van der Waals surface area contributed by atoms with E-state index in [2.05, 4.69) is 15.6 Å². The maximum absolute atomic E-state index is 12.0. The molecule has 1 unspecified atom stereocenters. The molecule has 0 aliphatic heterocycles. The van der Waals surface area contributed by atoms with Crippen molar-refractivity contribution < 1.29 is 4.79 Å². The number of hydrogen-bond donors (Lipinski definition) is 3. The first-order valence-corrected chi connectivity index (χ1v) is 9.85. The van der Waals surface area contributed by atoms with E-state index in [1.54, 1.807) is 7.05 Å². The van der Waals surface area contributed by atoms with Gasteiger partial charge in [-0.05, 0) is 37.6 Å². The van der Waals surface area contributed by atoms with E-state index in [1.165, 1.54) is 64.2 Å². The predicted octanol–water partition coefficient (Wildman–Crippen LogP) is 2.60. The molecule has 2 fully saturated rings. The number of nitrogens with one attached hydrogen (secondary N) is 2. The van der Waals surface area contributed by atoms with Crippen molar-refractivity contribution in [3.05, 3.63) is 0 Å². The molecule has 0 aromatic carbocycles. The van der Waals surface area contributed by atoms with Crippen LogP contribution >= 0.6 is 0 Å². The molecule has 5 nitrogen and oxygen atoms in total. The Morgan fingerprint density at radius 2 is 1.67 bits per heavy atom. The van der Waals surface area contributed by atoms with Gasteiger partial charge < -0.3 is 21.2 Å². The van der Waals surface area contributed by atoms with Gasteiger partial charge in [-0.2, -0.15) is 0 Å². The summed E-state index contributed by atoms with van der Waals surface area (Å²) < 4.78 is 0. The summed E-state index contributed by atoms with van der Waals surface area (Å²) in [5, 5.41) is 6.77. The van der Waals surface area contributed by atoms with Crippen molar-refractivity contribution in [3.63, 3.8) is 0 Å². The summed E-state index contributed by atoms with van der Waals surface area (Å²) in [6.45, 7) is 1.64. The smallest absolute Gasteiger partial charge is 0.189 e. The zero-order valence-electron chi connectivity index (χ0n) is 15.4. The Kier molecular flexibility index (Phi) is 8.03. The van der Waals surface area contributed by atoms with Gasteiger partial charge in [-0.1, -0.05) is 51.4 Å². The number of aldehydes is 1. The summed E-state index contributed by atoms with van der Waals surface area (Å²) in [7, 11) is 1.66. The standard InChI is InChI=1S/C19H36N4O/c1-21-18(20)23-19(15-24,12-16-8-4-2-5-9-16)14-22-13-17-10-6-3-7-11-17/h15-17,22H,2-14H2,1H3,(H3,20,21,23). The van der Waals surface area contributed by atoms with Gasteiger partial charge in [0.05, 0.1) is 0 Å². The molecule has 0 heterocycles. The summed E-state index contributed by atoms with van der Waals surface area (Å²) in [5.74, 6) is 1.73. The van der Waals surface area contributed by atoms with Gasteiger partial charge in [0.2, 0.25) is 0 Å². The number of guanidine groups is 1. The average molecular weight is 337 g/mol. The number of nitrogens with two attached hydrogens (primary N) is 1. The molecule has 0 aromatic rings. The number of carbonyl (C=O) groups excluding carboxylic acids is 1. The molecule has 138 valence electrons. The van der Waals surface area contributed by atoms with Crippen LogP contribution in [0.1, 0.15) is 70.6 Å². The molecular formula is C19H36N4O. The number of aliphatic imine (C=N–C) groups is 1. The summed E-state index contributed by atoms with van der Waals surface area (Å²) in [4.78, 5) is 16.0. The van der Waals surface area contributed by atoms with Crippen LogP contribution in [0.15, 0.2) is 4.99 Å². The first kappa shape index (κ1) is 19.2. The molecule has 0 radical (unpaired) electrons. The second-order valence-corrected chi connectivity index (χ2v) is 7.85. The highest BCUT2D eigenvalue weighted by molar-refractivity contribution is 5.83. The van der Waals surface area contributed by atoms with Crippen LogP contribution < -0.4 is 16.4 Å². The van der Waals surface area contributed by atoms with E-state index >= 15 is 0 Å². The topological polar surface area (TPSA) is 79.5 Å². The Labute approximate surface area is 147 Å². The molecule has 2 saturated carbocycles. The first-order chi connectivity index (χ1) is 11.7. The lowest BCUT2D eigenvalue weighted by molar-refractivity contribution is -0.113. The van der Waals surface area contributed by atoms with Crippen molar-refractivity contribution in [2.45, 2.75) is 76.2 Å². The molecule has 0 saturated heterocycles. The molecule has 0 spiro atoms. The molecule has 2 aliphatic carbocycles. The van der Waals surface area contributed by atoms with E-state index in [0.717, 1.165) is 25.2 Å². The molecule has 0 amide bonds. The molecule has 2 rings (SSSR count). The number of carbonyl (C=O) groups is 1. The van der Waals surface area contributed by atoms with Crippen LogP contribution in [0, 0.1) is 11.8 Å². The fourth-order valence-corrected chi connectivity index (χ4v) is 4.39. The van der Waals surface area contributed by atoms with Crippen molar-refractivity contribution in [2.24, 2.45) is 22.6 Å². The second kappa shape index (κ2) is 10.0. The van der Waals surface area contributed by atoms with Gasteiger partial charge in [0.25, 0.3) is 0 Å². The SMILES string of the molecule is CN=C(N)NC(C=O)(CNCC1CCCCC1)CC1CCCCC1. The van der Waals surface area contributed by atoms with Crippen LogP contribution in [0.2, 0.25) is 0 Å². The van der Waals surface area contributed by atoms with E-state index < -0.39 is 5.54 Å². The van der Waals surface area contributed by atoms with Gasteiger partial charge in [-0.15, -0.1) is 0 Å². The molecule has 1 atom stereocenters. The summed E-state index contributed by atoms with van der Waals surface area (Å²) >= 11 is 0. The van der Waals surface area contributed by atoms with Gasteiger partial charge >= 0.3 is 0 Å². The van der Waals surface area contributed by atoms with Crippen molar-refractivity contribution in [1.82, 2.24) is 10.6 Å². The van der Waals surface area contributed by atoms with Gasteiger partial charge in [0.1, 0.15) is 11.8 Å². The van der Waals surface area contributed by atoms with E-state index in [4.69, 9.17) is 5.73 Å². The maximum Gasteiger partial charge on any atom is 0.189 e.